The van der Waals surface area contributed by atoms with Crippen molar-refractivity contribution < 1.29 is 84.6 Å². The van der Waals surface area contributed by atoms with Gasteiger partial charge in [0.25, 0.3) is 0 Å². The minimum Gasteiger partial charge on any atom is -0.347 e. The highest BCUT2D eigenvalue weighted by Gasteiger charge is 2.68. The van der Waals surface area contributed by atoms with E-state index < -0.39 is 135 Å². The predicted molar refractivity (Wildman–Crippen MR) is 253 cm³/mol. The second-order valence-electron chi connectivity index (χ2n) is 24.7. The summed E-state index contributed by atoms with van der Waals surface area (Å²) in [6, 6.07) is 0. The van der Waals surface area contributed by atoms with E-state index in [0.29, 0.717) is 19.8 Å². The third kappa shape index (κ3) is 9.19. The molecule has 410 valence electrons. The fraction of sp³-hybridized carbons (Fsp3) is 1.00. The van der Waals surface area contributed by atoms with Crippen molar-refractivity contribution in [2.45, 2.75) is 319 Å². The third-order valence-corrected chi connectivity index (χ3v) is 21.0. The van der Waals surface area contributed by atoms with Crippen LogP contribution in [0.4, 0.5) is 0 Å². The molecule has 6 aliphatic carbocycles. The zero-order valence-corrected chi connectivity index (χ0v) is 43.7. The molecule has 0 bridgehead atoms. The van der Waals surface area contributed by atoms with Crippen LogP contribution in [0.2, 0.25) is 0 Å². The van der Waals surface area contributed by atoms with Crippen LogP contribution in [0.5, 0.6) is 0 Å². The van der Waals surface area contributed by atoms with E-state index in [-0.39, 0.29) is 0 Å². The van der Waals surface area contributed by atoms with E-state index in [9.17, 15) is 0 Å². The summed E-state index contributed by atoms with van der Waals surface area (Å²) in [6.45, 7) is 1.09. The first-order valence-corrected chi connectivity index (χ1v) is 30.7. The summed E-state index contributed by atoms with van der Waals surface area (Å²) in [7, 11) is -2.38. The smallest absolute Gasteiger partial charge is 0.334 e. The fourth-order valence-corrected chi connectivity index (χ4v) is 17.4. The maximum Gasteiger partial charge on any atom is 0.334 e. The van der Waals surface area contributed by atoms with Gasteiger partial charge in [-0.1, -0.05) is 38.5 Å². The number of hydrogen-bond acceptors (Lipinski definition) is 18. The molecule has 6 saturated carbocycles. The molecule has 15 aliphatic rings. The van der Waals surface area contributed by atoms with E-state index in [1.807, 2.05) is 0 Å². The quantitative estimate of drug-likeness (QED) is 0.201. The maximum atomic E-state index is 7.60. The number of hydrogen-bond donors (Lipinski definition) is 0. The molecule has 15 rings (SSSR count). The SMILES string of the molecule is C1CCC2(CC1)O[C@H]1O[C@H]([C@H]3COC4(CCCCC4)O3)[C@H](OP(O[C@@H]3[C@H]4OC5(CCCCC5)O[C@H]4O[C@@H]3[C@H]3COC4(CCCCC4)O3)O[C@@H]3[C@H]4OC5(CCCCC5)O[C@H]4O[C@@H]3[C@H]3COC4(CCCCC4)O3)[C@H]1O2. The Bertz CT molecular complexity index is 1710. The molecule has 6 spiro atoms. The molecule has 0 radical (unpaired) electrons. The van der Waals surface area contributed by atoms with Gasteiger partial charge in [-0.25, -0.2) is 0 Å². The molecule has 73 heavy (non-hydrogen) atoms. The highest BCUT2D eigenvalue weighted by atomic mass is 31.2. The van der Waals surface area contributed by atoms with E-state index in [1.54, 1.807) is 0 Å². The monoisotopic (exact) mass is 1050 g/mol. The molecule has 0 amide bonds. The van der Waals surface area contributed by atoms with Gasteiger partial charge in [-0.15, -0.1) is 0 Å². The molecule has 15 fully saturated rings. The Balaban J connectivity index is 0.791. The topological polar surface area (TPSA) is 166 Å². The first-order chi connectivity index (χ1) is 35.8. The van der Waals surface area contributed by atoms with Gasteiger partial charge in [-0.2, -0.15) is 0 Å². The van der Waals surface area contributed by atoms with E-state index in [1.165, 1.54) is 19.3 Å². The number of fused-ring (bicyclic) bond motifs is 3. The molecule has 18 nitrogen and oxygen atoms in total. The molecule has 9 heterocycles. The van der Waals surface area contributed by atoms with Crippen molar-refractivity contribution in [3.63, 3.8) is 0 Å². The van der Waals surface area contributed by atoms with E-state index in [4.69, 9.17) is 84.6 Å². The minimum atomic E-state index is -2.38. The van der Waals surface area contributed by atoms with Crippen molar-refractivity contribution in [3.05, 3.63) is 0 Å². The summed E-state index contributed by atoms with van der Waals surface area (Å²) >= 11 is 0. The van der Waals surface area contributed by atoms with Crippen molar-refractivity contribution >= 4 is 8.60 Å². The Hall–Kier alpha value is -0.290. The third-order valence-electron chi connectivity index (χ3n) is 19.7. The second-order valence-corrected chi connectivity index (χ2v) is 25.8. The van der Waals surface area contributed by atoms with E-state index in [0.717, 1.165) is 173 Å². The highest BCUT2D eigenvalue weighted by Crippen LogP contribution is 2.59. The lowest BCUT2D eigenvalue weighted by atomic mass is 9.94. The van der Waals surface area contributed by atoms with Crippen LogP contribution in [0.25, 0.3) is 0 Å². The molecule has 0 unspecified atom stereocenters. The lowest BCUT2D eigenvalue weighted by Gasteiger charge is -2.39. The van der Waals surface area contributed by atoms with Crippen LogP contribution < -0.4 is 0 Å². The normalized spacial score (nSPS) is 46.7. The van der Waals surface area contributed by atoms with Gasteiger partial charge < -0.3 is 84.6 Å². The van der Waals surface area contributed by atoms with Gasteiger partial charge in [0, 0.05) is 77.0 Å². The summed E-state index contributed by atoms with van der Waals surface area (Å²) in [5, 5.41) is 0. The lowest BCUT2D eigenvalue weighted by Crippen LogP contribution is -2.48. The van der Waals surface area contributed by atoms with Crippen LogP contribution in [0.15, 0.2) is 0 Å². The fourth-order valence-electron chi connectivity index (χ4n) is 16.0. The average molecular weight is 1050 g/mol. The van der Waals surface area contributed by atoms with Crippen molar-refractivity contribution in [1.82, 2.24) is 0 Å². The summed E-state index contributed by atoms with van der Waals surface area (Å²) in [5.41, 5.74) is 0. The van der Waals surface area contributed by atoms with Gasteiger partial charge in [-0.05, 0) is 77.0 Å². The van der Waals surface area contributed by atoms with Crippen LogP contribution in [-0.4, -0.2) is 147 Å². The molecule has 0 aromatic rings. The summed E-state index contributed by atoms with van der Waals surface area (Å²) in [4.78, 5) is 0. The Morgan fingerprint density at radius 1 is 0.260 bits per heavy atom. The molecule has 0 aromatic carbocycles. The number of ether oxygens (including phenoxy) is 15. The van der Waals surface area contributed by atoms with E-state index >= 15 is 0 Å². The molecule has 9 saturated heterocycles. The number of rotatable bonds is 9. The summed E-state index contributed by atoms with van der Waals surface area (Å²) in [6.07, 6.45) is 19.9. The van der Waals surface area contributed by atoms with Crippen LogP contribution in [0.3, 0.4) is 0 Å². The van der Waals surface area contributed by atoms with Crippen LogP contribution in [0, 0.1) is 0 Å². The molecule has 19 heteroatoms. The predicted octanol–water partition coefficient (Wildman–Crippen LogP) is 9.00. The van der Waals surface area contributed by atoms with Gasteiger partial charge in [0.2, 0.25) is 0 Å². The van der Waals surface area contributed by atoms with E-state index in [2.05, 4.69) is 0 Å². The standard InChI is InChI=1S/C54H81O18P/c1-7-19-49(20-8-1)55-31-34(61-49)37-40(43-46(58-37)67-52(64-43)25-13-4-14-26-52)70-73(71-41-38(35-32-56-50(62-35)21-9-2-10-22-50)59-47-44(41)65-53(68-47)27-15-5-16-28-53)72-42-39(36-33-57-51(63-36)23-11-3-12-24-51)60-48-45(42)66-54(69-48)29-17-6-18-30-54/h34-48H,1-33H2/t34-,35-,36-,37-,38-,39-,40+,41+,42+,43-,44-,45-,46-,47-,48-/m1/s1. The van der Waals surface area contributed by atoms with Crippen LogP contribution in [-0.2, 0) is 84.6 Å². The molecule has 0 N–H and O–H groups in total. The van der Waals surface area contributed by atoms with Gasteiger partial charge in [0.15, 0.2) is 53.6 Å². The lowest BCUT2D eigenvalue weighted by molar-refractivity contribution is -0.263. The first-order valence-electron chi connectivity index (χ1n) is 29.6. The summed E-state index contributed by atoms with van der Waals surface area (Å²) in [5.74, 6) is -4.20. The van der Waals surface area contributed by atoms with Crippen molar-refractivity contribution in [1.29, 1.82) is 0 Å². The second kappa shape index (κ2) is 19.8. The first kappa shape index (κ1) is 49.7. The minimum absolute atomic E-state index is 0.362. The average Bonchev–Trinajstić information content (AvgIpc) is 4.32. The maximum absolute atomic E-state index is 7.60. The Morgan fingerprint density at radius 2 is 0.507 bits per heavy atom. The molecule has 0 aromatic heterocycles. The Kier molecular flexibility index (Phi) is 13.5. The Labute approximate surface area is 431 Å². The van der Waals surface area contributed by atoms with Gasteiger partial charge in [0.1, 0.15) is 73.2 Å². The van der Waals surface area contributed by atoms with Crippen molar-refractivity contribution in [3.8, 4) is 0 Å². The zero-order chi connectivity index (χ0) is 48.3. The molecular formula is C54H81O18P. The van der Waals surface area contributed by atoms with Gasteiger partial charge >= 0.3 is 8.60 Å². The van der Waals surface area contributed by atoms with Crippen LogP contribution in [0.1, 0.15) is 193 Å². The van der Waals surface area contributed by atoms with Gasteiger partial charge in [0.05, 0.1) is 19.8 Å². The Morgan fingerprint density at radius 3 is 0.767 bits per heavy atom. The molecular weight excluding hydrogens is 968 g/mol. The summed E-state index contributed by atoms with van der Waals surface area (Å²) < 4.78 is 127. The van der Waals surface area contributed by atoms with Gasteiger partial charge in [-0.3, -0.25) is 0 Å². The van der Waals surface area contributed by atoms with Crippen LogP contribution >= 0.6 is 8.60 Å². The highest BCUT2D eigenvalue weighted by molar-refractivity contribution is 7.41. The van der Waals surface area contributed by atoms with Crippen molar-refractivity contribution in [2.75, 3.05) is 19.8 Å². The molecule has 9 aliphatic heterocycles. The van der Waals surface area contributed by atoms with Crippen molar-refractivity contribution in [2.24, 2.45) is 0 Å². The largest absolute Gasteiger partial charge is 0.347 e. The zero-order valence-electron chi connectivity index (χ0n) is 42.8. The molecule has 15 atom stereocenters.